The molecule has 0 radical (unpaired) electrons. The van der Waals surface area contributed by atoms with Gasteiger partial charge in [-0.15, -0.1) is 0 Å². The van der Waals surface area contributed by atoms with E-state index in [4.69, 9.17) is 5.73 Å². The minimum Gasteiger partial charge on any atom is -0.340 e. The van der Waals surface area contributed by atoms with Crippen LogP contribution in [0.4, 0.5) is 0 Å². The van der Waals surface area contributed by atoms with E-state index in [0.717, 1.165) is 25.3 Å². The van der Waals surface area contributed by atoms with E-state index in [1.165, 1.54) is 0 Å². The third-order valence-electron chi connectivity index (χ3n) is 3.35. The molecule has 1 atom stereocenters. The van der Waals surface area contributed by atoms with Gasteiger partial charge in [-0.05, 0) is 19.8 Å². The lowest BCUT2D eigenvalue weighted by Gasteiger charge is -2.30. The Bertz CT molecular complexity index is 264. The molecule has 3 nitrogen and oxygen atoms in total. The molecule has 1 fully saturated rings. The number of thioether (sulfide) groups is 1. The summed E-state index contributed by atoms with van der Waals surface area (Å²) in [5.74, 6) is 1.12. The predicted molar refractivity (Wildman–Crippen MR) is 70.6 cm³/mol. The number of hydrogen-bond donors (Lipinski definition) is 1. The van der Waals surface area contributed by atoms with Crippen LogP contribution in [0.25, 0.3) is 0 Å². The van der Waals surface area contributed by atoms with Crippen molar-refractivity contribution in [2.45, 2.75) is 50.8 Å². The van der Waals surface area contributed by atoms with Crippen molar-refractivity contribution in [1.29, 1.82) is 0 Å². The van der Waals surface area contributed by atoms with Gasteiger partial charge in [-0.25, -0.2) is 0 Å². The Kier molecular flexibility index (Phi) is 4.29. The molecule has 2 N–H and O–H groups in total. The summed E-state index contributed by atoms with van der Waals surface area (Å²) >= 11 is 1.95. The summed E-state index contributed by atoms with van der Waals surface area (Å²) < 4.78 is 0.284. The van der Waals surface area contributed by atoms with E-state index in [2.05, 4.69) is 13.8 Å². The van der Waals surface area contributed by atoms with Gasteiger partial charge in [-0.1, -0.05) is 20.8 Å². The Morgan fingerprint density at radius 3 is 2.69 bits per heavy atom. The maximum atomic E-state index is 12.2. The van der Waals surface area contributed by atoms with Gasteiger partial charge in [0.15, 0.2) is 0 Å². The number of nitrogens with two attached hydrogens (primary N) is 1. The molecule has 16 heavy (non-hydrogen) atoms. The molecule has 1 aliphatic rings. The molecule has 1 amide bonds. The fraction of sp³-hybridized carbons (Fsp3) is 0.917. The standard InChI is InChI=1S/C12H24N2OS/c1-5-12(4,13)10(15)14-7-6-11(2,3)16-9-8-14/h5-9,13H2,1-4H3. The monoisotopic (exact) mass is 244 g/mol. The molecule has 1 rings (SSSR count). The van der Waals surface area contributed by atoms with Crippen LogP contribution in [-0.2, 0) is 4.79 Å². The number of amides is 1. The molecule has 0 aromatic rings. The van der Waals surface area contributed by atoms with Crippen LogP contribution >= 0.6 is 11.8 Å². The number of carbonyl (C=O) groups excluding carboxylic acids is 1. The van der Waals surface area contributed by atoms with Gasteiger partial charge in [0.25, 0.3) is 0 Å². The highest BCUT2D eigenvalue weighted by atomic mass is 32.2. The molecule has 1 heterocycles. The average molecular weight is 244 g/mol. The average Bonchev–Trinajstić information content (AvgIpc) is 2.38. The van der Waals surface area contributed by atoms with Crippen molar-refractivity contribution in [2.75, 3.05) is 18.8 Å². The lowest BCUT2D eigenvalue weighted by molar-refractivity contribution is -0.136. The first-order valence-corrected chi connectivity index (χ1v) is 6.99. The van der Waals surface area contributed by atoms with Gasteiger partial charge in [-0.3, -0.25) is 4.79 Å². The van der Waals surface area contributed by atoms with Crippen molar-refractivity contribution in [3.63, 3.8) is 0 Å². The molecule has 0 aromatic heterocycles. The minimum atomic E-state index is -0.695. The second kappa shape index (κ2) is 4.96. The van der Waals surface area contributed by atoms with Crippen LogP contribution in [0.15, 0.2) is 0 Å². The molecule has 1 aliphatic heterocycles. The summed E-state index contributed by atoms with van der Waals surface area (Å²) in [6.45, 7) is 9.96. The lowest BCUT2D eigenvalue weighted by atomic mass is 9.98. The Balaban J connectivity index is 2.65. The van der Waals surface area contributed by atoms with Crippen LogP contribution in [0.5, 0.6) is 0 Å². The normalized spacial score (nSPS) is 24.7. The van der Waals surface area contributed by atoms with Crippen molar-refractivity contribution in [1.82, 2.24) is 4.90 Å². The van der Waals surface area contributed by atoms with Gasteiger partial charge in [0.1, 0.15) is 0 Å². The maximum absolute atomic E-state index is 12.2. The van der Waals surface area contributed by atoms with E-state index in [-0.39, 0.29) is 10.7 Å². The fourth-order valence-corrected chi connectivity index (χ4v) is 2.84. The zero-order chi connectivity index (χ0) is 12.4. The van der Waals surface area contributed by atoms with Gasteiger partial charge in [0.05, 0.1) is 5.54 Å². The van der Waals surface area contributed by atoms with E-state index < -0.39 is 5.54 Å². The van der Waals surface area contributed by atoms with E-state index in [1.807, 2.05) is 30.5 Å². The van der Waals surface area contributed by atoms with Crippen molar-refractivity contribution in [3.8, 4) is 0 Å². The van der Waals surface area contributed by atoms with Crippen molar-refractivity contribution < 1.29 is 4.79 Å². The molecule has 0 spiro atoms. The molecule has 94 valence electrons. The van der Waals surface area contributed by atoms with Crippen LogP contribution in [-0.4, -0.2) is 39.9 Å². The number of hydrogen-bond acceptors (Lipinski definition) is 3. The first-order valence-electron chi connectivity index (χ1n) is 6.01. The molecule has 1 saturated heterocycles. The van der Waals surface area contributed by atoms with E-state index in [9.17, 15) is 4.79 Å². The van der Waals surface area contributed by atoms with Gasteiger partial charge in [0, 0.05) is 23.6 Å². The summed E-state index contributed by atoms with van der Waals surface area (Å²) in [5.41, 5.74) is 5.32. The summed E-state index contributed by atoms with van der Waals surface area (Å²) in [5, 5.41) is 0. The SMILES string of the molecule is CCC(C)(N)C(=O)N1CCSC(C)(C)CC1. The van der Waals surface area contributed by atoms with Gasteiger partial charge < -0.3 is 10.6 Å². The Morgan fingerprint density at radius 2 is 2.12 bits per heavy atom. The highest BCUT2D eigenvalue weighted by molar-refractivity contribution is 8.00. The number of carbonyl (C=O) groups is 1. The largest absolute Gasteiger partial charge is 0.340 e. The third kappa shape index (κ3) is 3.39. The van der Waals surface area contributed by atoms with Crippen molar-refractivity contribution in [2.24, 2.45) is 5.73 Å². The first-order chi connectivity index (χ1) is 7.28. The lowest BCUT2D eigenvalue weighted by Crippen LogP contribution is -2.53. The second-order valence-corrected chi connectivity index (χ2v) is 7.22. The molecule has 0 bridgehead atoms. The second-order valence-electron chi connectivity index (χ2n) is 5.42. The summed E-state index contributed by atoms with van der Waals surface area (Å²) in [4.78, 5) is 14.1. The molecule has 0 saturated carbocycles. The zero-order valence-electron chi connectivity index (χ0n) is 10.9. The highest BCUT2D eigenvalue weighted by Crippen LogP contribution is 2.31. The van der Waals surface area contributed by atoms with Crippen LogP contribution in [0.3, 0.4) is 0 Å². The van der Waals surface area contributed by atoms with E-state index in [1.54, 1.807) is 0 Å². The third-order valence-corrected chi connectivity index (χ3v) is 4.72. The Labute approximate surface area is 103 Å². The van der Waals surface area contributed by atoms with Gasteiger partial charge in [0.2, 0.25) is 5.91 Å². The number of nitrogens with zero attached hydrogens (tertiary/aromatic N) is 1. The Morgan fingerprint density at radius 1 is 1.50 bits per heavy atom. The van der Waals surface area contributed by atoms with Crippen LogP contribution in [0, 0.1) is 0 Å². The minimum absolute atomic E-state index is 0.105. The quantitative estimate of drug-likeness (QED) is 0.806. The summed E-state index contributed by atoms with van der Waals surface area (Å²) in [6.07, 6.45) is 1.74. The molecule has 4 heteroatoms. The summed E-state index contributed by atoms with van der Waals surface area (Å²) in [6, 6.07) is 0. The van der Waals surface area contributed by atoms with Crippen LogP contribution in [0.2, 0.25) is 0 Å². The Hall–Kier alpha value is -0.220. The van der Waals surface area contributed by atoms with Gasteiger partial charge in [-0.2, -0.15) is 11.8 Å². The smallest absolute Gasteiger partial charge is 0.242 e. The molecule has 0 aromatic carbocycles. The predicted octanol–water partition coefficient (Wildman–Crippen LogP) is 1.86. The van der Waals surface area contributed by atoms with E-state index >= 15 is 0 Å². The summed E-state index contributed by atoms with van der Waals surface area (Å²) in [7, 11) is 0. The van der Waals surface area contributed by atoms with Crippen molar-refractivity contribution in [3.05, 3.63) is 0 Å². The fourth-order valence-electron chi connectivity index (χ4n) is 1.74. The molecular weight excluding hydrogens is 220 g/mol. The molecule has 1 unspecified atom stereocenters. The van der Waals surface area contributed by atoms with Crippen molar-refractivity contribution >= 4 is 17.7 Å². The zero-order valence-corrected chi connectivity index (χ0v) is 11.7. The topological polar surface area (TPSA) is 46.3 Å². The molecular formula is C12H24N2OS. The molecule has 0 aliphatic carbocycles. The maximum Gasteiger partial charge on any atom is 0.242 e. The van der Waals surface area contributed by atoms with Gasteiger partial charge >= 0.3 is 0 Å². The number of rotatable bonds is 2. The highest BCUT2D eigenvalue weighted by Gasteiger charge is 2.33. The van der Waals surface area contributed by atoms with Crippen LogP contribution in [0.1, 0.15) is 40.5 Å². The van der Waals surface area contributed by atoms with Crippen LogP contribution < -0.4 is 5.73 Å². The van der Waals surface area contributed by atoms with E-state index in [0.29, 0.717) is 6.42 Å². The first kappa shape index (κ1) is 13.8.